The number of halogens is 3. The first kappa shape index (κ1) is 29.7. The average Bonchev–Trinajstić information content (AvgIpc) is 3.34. The van der Waals surface area contributed by atoms with E-state index < -0.39 is 12.1 Å². The second kappa shape index (κ2) is 12.5. The number of nitrogens with zero attached hydrogens (tertiary/aromatic N) is 2. The Morgan fingerprint density at radius 3 is 2.22 bits per heavy atom. The van der Waals surface area contributed by atoms with Crippen LogP contribution in [0.1, 0.15) is 24.5 Å². The van der Waals surface area contributed by atoms with Crippen molar-refractivity contribution in [2.75, 3.05) is 19.6 Å². The van der Waals surface area contributed by atoms with Crippen LogP contribution in [0.5, 0.6) is 11.5 Å². The van der Waals surface area contributed by atoms with Gasteiger partial charge in [0.25, 0.3) is 0 Å². The van der Waals surface area contributed by atoms with Gasteiger partial charge in [-0.15, -0.1) is 0 Å². The van der Waals surface area contributed by atoms with Gasteiger partial charge in [0.2, 0.25) is 0 Å². The molecule has 1 saturated heterocycles. The van der Waals surface area contributed by atoms with E-state index in [0.717, 1.165) is 53.3 Å². The Morgan fingerprint density at radius 1 is 1.02 bits per heavy atom. The first-order valence-corrected chi connectivity index (χ1v) is 13.1. The van der Waals surface area contributed by atoms with Crippen LogP contribution in [0.4, 0.5) is 13.2 Å². The number of aromatic hydroxyl groups is 1. The number of phenolic OH excluding ortho intramolecular Hbond substituents is 1. The van der Waals surface area contributed by atoms with Crippen molar-refractivity contribution in [3.63, 3.8) is 0 Å². The van der Waals surface area contributed by atoms with Gasteiger partial charge in [-0.25, -0.2) is 4.79 Å². The third-order valence-corrected chi connectivity index (χ3v) is 6.83. The van der Waals surface area contributed by atoms with E-state index in [0.29, 0.717) is 5.76 Å². The maximum absolute atomic E-state index is 10.6. The highest BCUT2D eigenvalue weighted by atomic mass is 19.4. The van der Waals surface area contributed by atoms with Crippen molar-refractivity contribution in [3.8, 4) is 45.2 Å². The van der Waals surface area contributed by atoms with Crippen LogP contribution in [0.3, 0.4) is 0 Å². The monoisotopic (exact) mass is 568 g/mol. The third-order valence-electron chi connectivity index (χ3n) is 6.83. The lowest BCUT2D eigenvalue weighted by Gasteiger charge is -2.38. The topological polar surface area (TPSA) is 96.0 Å². The molecule has 1 aromatic heterocycles. The number of carbonyl (C=O) groups is 1. The molecule has 0 radical (unpaired) electrons. The highest BCUT2D eigenvalue weighted by molar-refractivity contribution is 5.91. The molecule has 216 valence electrons. The summed E-state index contributed by atoms with van der Waals surface area (Å²) in [6, 6.07) is 21.5. The zero-order valence-electron chi connectivity index (χ0n) is 22.9. The van der Waals surface area contributed by atoms with Gasteiger partial charge in [-0.3, -0.25) is 4.90 Å². The number of carboxylic acid groups (broad SMARTS) is 1. The van der Waals surface area contributed by atoms with E-state index in [2.05, 4.69) is 55.1 Å². The highest BCUT2D eigenvalue weighted by Gasteiger charge is 2.38. The fourth-order valence-electron chi connectivity index (χ4n) is 4.55. The lowest BCUT2D eigenvalue weighted by Crippen LogP contribution is -2.53. The molecule has 2 heterocycles. The molecule has 4 aromatic rings. The van der Waals surface area contributed by atoms with Gasteiger partial charge in [0.1, 0.15) is 23.3 Å². The molecular weight excluding hydrogens is 537 g/mol. The quantitative estimate of drug-likeness (QED) is 0.245. The molecular formula is C31H31F3N2O5. The molecule has 5 rings (SSSR count). The SMILES string of the molecule is CCCN1CC(Oc2ccc(-c3c(-c4cccc(C)c4C)noc3-c3ccc(O)cc3)cc2)C1.O=C(O)C(F)(F)F. The van der Waals surface area contributed by atoms with Crippen molar-refractivity contribution in [1.29, 1.82) is 0 Å². The number of alkyl halides is 3. The number of hydrogen-bond donors (Lipinski definition) is 2. The number of rotatable bonds is 7. The second-order valence-electron chi connectivity index (χ2n) is 9.86. The Morgan fingerprint density at radius 2 is 1.63 bits per heavy atom. The Kier molecular flexibility index (Phi) is 9.02. The van der Waals surface area contributed by atoms with Gasteiger partial charge in [-0.1, -0.05) is 42.4 Å². The van der Waals surface area contributed by atoms with Crippen molar-refractivity contribution in [2.24, 2.45) is 0 Å². The van der Waals surface area contributed by atoms with Gasteiger partial charge >= 0.3 is 12.1 Å². The lowest BCUT2D eigenvalue weighted by molar-refractivity contribution is -0.192. The summed E-state index contributed by atoms with van der Waals surface area (Å²) < 4.78 is 43.8. The van der Waals surface area contributed by atoms with Crippen molar-refractivity contribution in [2.45, 2.75) is 39.5 Å². The number of aryl methyl sites for hydroxylation is 1. The van der Waals surface area contributed by atoms with E-state index in [1.165, 1.54) is 17.5 Å². The minimum atomic E-state index is -5.08. The van der Waals surface area contributed by atoms with Gasteiger partial charge < -0.3 is 19.5 Å². The van der Waals surface area contributed by atoms with Gasteiger partial charge in [-0.05, 0) is 79.9 Å². The van der Waals surface area contributed by atoms with Crippen LogP contribution in [0, 0.1) is 13.8 Å². The van der Waals surface area contributed by atoms with Crippen LogP contribution in [0.15, 0.2) is 71.3 Å². The molecule has 0 unspecified atom stereocenters. The minimum absolute atomic E-state index is 0.217. The summed E-state index contributed by atoms with van der Waals surface area (Å²) >= 11 is 0. The summed E-state index contributed by atoms with van der Waals surface area (Å²) in [6.07, 6.45) is -3.65. The smallest absolute Gasteiger partial charge is 0.490 e. The second-order valence-corrected chi connectivity index (χ2v) is 9.86. The summed E-state index contributed by atoms with van der Waals surface area (Å²) in [4.78, 5) is 11.3. The van der Waals surface area contributed by atoms with Crippen molar-refractivity contribution in [1.82, 2.24) is 10.1 Å². The molecule has 1 aliphatic heterocycles. The van der Waals surface area contributed by atoms with Crippen LogP contribution < -0.4 is 4.74 Å². The van der Waals surface area contributed by atoms with Crippen LogP contribution in [0.25, 0.3) is 33.7 Å². The van der Waals surface area contributed by atoms with Crippen molar-refractivity contribution >= 4 is 5.97 Å². The van der Waals surface area contributed by atoms with Crippen LogP contribution in [-0.4, -0.2) is 58.2 Å². The number of carboxylic acids is 1. The Balaban J connectivity index is 0.000000493. The zero-order valence-corrected chi connectivity index (χ0v) is 22.9. The standard InChI is InChI=1S/C29H30N2O3.C2HF3O2/c1-4-16-31-17-25(18-31)33-24-14-10-21(11-15-24)27-28(26-7-5-6-19(2)20(26)3)30-34-29(27)22-8-12-23(32)13-9-22;3-2(4,5)1(6)7/h5-15,25,32H,4,16-18H2,1-3H3;(H,6,7). The number of aromatic nitrogens is 1. The van der Waals surface area contributed by atoms with E-state index >= 15 is 0 Å². The molecule has 10 heteroatoms. The predicted octanol–water partition coefficient (Wildman–Crippen LogP) is 7.10. The summed E-state index contributed by atoms with van der Waals surface area (Å²) in [7, 11) is 0. The largest absolute Gasteiger partial charge is 0.508 e. The number of benzene rings is 3. The van der Waals surface area contributed by atoms with Gasteiger partial charge in [0.05, 0.1) is 5.56 Å². The van der Waals surface area contributed by atoms with E-state index in [-0.39, 0.29) is 11.9 Å². The predicted molar refractivity (Wildman–Crippen MR) is 149 cm³/mol. The Hall–Kier alpha value is -4.31. The molecule has 0 bridgehead atoms. The summed E-state index contributed by atoms with van der Waals surface area (Å²) in [5, 5.41) is 21.4. The molecule has 1 aliphatic rings. The summed E-state index contributed by atoms with van der Waals surface area (Å²) in [6.45, 7) is 9.53. The molecule has 2 N–H and O–H groups in total. The molecule has 0 amide bonds. The van der Waals surface area contributed by atoms with Crippen molar-refractivity contribution in [3.05, 3.63) is 77.9 Å². The Bertz CT molecular complexity index is 1480. The number of phenols is 1. The van der Waals surface area contributed by atoms with E-state index in [1.807, 2.05) is 30.3 Å². The maximum atomic E-state index is 10.6. The molecule has 3 aromatic carbocycles. The third kappa shape index (κ3) is 7.07. The molecule has 0 spiro atoms. The molecule has 0 aliphatic carbocycles. The fourth-order valence-corrected chi connectivity index (χ4v) is 4.55. The molecule has 0 atom stereocenters. The van der Waals surface area contributed by atoms with Crippen LogP contribution in [0.2, 0.25) is 0 Å². The number of hydrogen-bond acceptors (Lipinski definition) is 6. The maximum Gasteiger partial charge on any atom is 0.490 e. The van der Waals surface area contributed by atoms with Gasteiger partial charge in [0.15, 0.2) is 5.76 Å². The lowest BCUT2D eigenvalue weighted by atomic mass is 9.93. The first-order valence-electron chi connectivity index (χ1n) is 13.1. The first-order chi connectivity index (χ1) is 19.5. The minimum Gasteiger partial charge on any atom is -0.508 e. The molecule has 7 nitrogen and oxygen atoms in total. The molecule has 41 heavy (non-hydrogen) atoms. The van der Waals surface area contributed by atoms with Gasteiger partial charge in [-0.2, -0.15) is 13.2 Å². The highest BCUT2D eigenvalue weighted by Crippen LogP contribution is 2.42. The van der Waals surface area contributed by atoms with Crippen molar-refractivity contribution < 1.29 is 37.4 Å². The molecule has 0 saturated carbocycles. The normalized spacial score (nSPS) is 13.7. The number of aliphatic carboxylic acids is 1. The summed E-state index contributed by atoms with van der Waals surface area (Å²) in [5.41, 5.74) is 7.05. The van der Waals surface area contributed by atoms with E-state index in [1.54, 1.807) is 12.1 Å². The van der Waals surface area contributed by atoms with E-state index in [4.69, 9.17) is 19.2 Å². The van der Waals surface area contributed by atoms with E-state index in [9.17, 15) is 18.3 Å². The van der Waals surface area contributed by atoms with Gasteiger partial charge in [0, 0.05) is 24.2 Å². The summed E-state index contributed by atoms with van der Waals surface area (Å²) in [5.74, 6) is -0.985. The average molecular weight is 569 g/mol. The van der Waals surface area contributed by atoms with Crippen LogP contribution in [-0.2, 0) is 4.79 Å². The number of likely N-dealkylation sites (tertiary alicyclic amines) is 1. The molecule has 1 fully saturated rings. The van der Waals surface area contributed by atoms with Crippen LogP contribution >= 0.6 is 0 Å². The Labute approximate surface area is 235 Å². The fraction of sp³-hybridized carbons (Fsp3) is 0.290. The number of ether oxygens (including phenoxy) is 1. The zero-order chi connectivity index (χ0) is 29.7.